The van der Waals surface area contributed by atoms with E-state index in [1.54, 1.807) is 0 Å². The Labute approximate surface area is 153 Å². The van der Waals surface area contributed by atoms with Gasteiger partial charge in [0.15, 0.2) is 0 Å². The van der Waals surface area contributed by atoms with Crippen LogP contribution < -0.4 is 10.6 Å². The van der Waals surface area contributed by atoms with Gasteiger partial charge in [-0.1, -0.05) is 48.5 Å². The number of carbonyl (C=O) groups is 1. The van der Waals surface area contributed by atoms with Crippen LogP contribution >= 0.6 is 0 Å². The fourth-order valence-electron chi connectivity index (χ4n) is 3.51. The lowest BCUT2D eigenvalue weighted by atomic mass is 9.93. The van der Waals surface area contributed by atoms with Gasteiger partial charge in [-0.2, -0.15) is 5.10 Å². The molecule has 26 heavy (non-hydrogen) atoms. The monoisotopic (exact) mass is 346 g/mol. The van der Waals surface area contributed by atoms with Crippen LogP contribution in [0.4, 0.5) is 10.5 Å². The predicted molar refractivity (Wildman–Crippen MR) is 102 cm³/mol. The van der Waals surface area contributed by atoms with Crippen molar-refractivity contribution in [1.29, 1.82) is 0 Å². The highest BCUT2D eigenvalue weighted by molar-refractivity contribution is 5.89. The second kappa shape index (κ2) is 7.44. The SMILES string of the molecule is O=C(Nc1ccccc1)N[C@@H]1CCCc2c1cnn2Cc1ccccc1. The normalized spacial score (nSPS) is 15.9. The topological polar surface area (TPSA) is 59.0 Å². The molecule has 5 nitrogen and oxygen atoms in total. The molecule has 0 unspecified atom stereocenters. The molecule has 0 bridgehead atoms. The lowest BCUT2D eigenvalue weighted by molar-refractivity contribution is 0.247. The summed E-state index contributed by atoms with van der Waals surface area (Å²) < 4.78 is 2.06. The fraction of sp³-hybridized carbons (Fsp3) is 0.238. The molecule has 1 aromatic heterocycles. The van der Waals surface area contributed by atoms with E-state index < -0.39 is 0 Å². The lowest BCUT2D eigenvalue weighted by Gasteiger charge is -2.24. The van der Waals surface area contributed by atoms with E-state index in [0.29, 0.717) is 0 Å². The third kappa shape index (κ3) is 3.61. The smallest absolute Gasteiger partial charge is 0.319 e. The summed E-state index contributed by atoms with van der Waals surface area (Å²) in [7, 11) is 0. The van der Waals surface area contributed by atoms with Gasteiger partial charge in [0.1, 0.15) is 0 Å². The molecule has 4 rings (SSSR count). The van der Waals surface area contributed by atoms with Crippen LogP contribution in [0.5, 0.6) is 0 Å². The Morgan fingerprint density at radius 2 is 1.81 bits per heavy atom. The number of aromatic nitrogens is 2. The van der Waals surface area contributed by atoms with Crippen LogP contribution in [0.15, 0.2) is 66.9 Å². The van der Waals surface area contributed by atoms with Gasteiger partial charge in [0.2, 0.25) is 0 Å². The molecule has 1 aliphatic rings. The van der Waals surface area contributed by atoms with E-state index in [0.717, 1.165) is 37.1 Å². The van der Waals surface area contributed by atoms with Gasteiger partial charge in [-0.15, -0.1) is 0 Å². The van der Waals surface area contributed by atoms with Crippen LogP contribution in [-0.2, 0) is 13.0 Å². The highest BCUT2D eigenvalue weighted by Crippen LogP contribution is 2.30. The van der Waals surface area contributed by atoms with Gasteiger partial charge in [0, 0.05) is 16.9 Å². The second-order valence-electron chi connectivity index (χ2n) is 6.60. The first-order chi connectivity index (χ1) is 12.8. The standard InChI is InChI=1S/C21H22N4O/c26-21(23-17-10-5-2-6-11-17)24-19-12-7-13-20-18(19)14-22-25(20)15-16-8-3-1-4-9-16/h1-6,8-11,14,19H,7,12-13,15H2,(H2,23,24,26)/t19-/m1/s1. The number of anilines is 1. The molecule has 1 aliphatic carbocycles. The molecule has 5 heteroatoms. The van der Waals surface area contributed by atoms with E-state index in [1.807, 2.05) is 54.7 Å². The Hall–Kier alpha value is -3.08. The average Bonchev–Trinajstić information content (AvgIpc) is 3.07. The Morgan fingerprint density at radius 1 is 1.08 bits per heavy atom. The van der Waals surface area contributed by atoms with Crippen molar-refractivity contribution in [2.24, 2.45) is 0 Å². The lowest BCUT2D eigenvalue weighted by Crippen LogP contribution is -2.34. The Bertz CT molecular complexity index is 874. The number of hydrogen-bond donors (Lipinski definition) is 2. The van der Waals surface area contributed by atoms with Crippen LogP contribution in [-0.4, -0.2) is 15.8 Å². The number of nitrogens with one attached hydrogen (secondary N) is 2. The number of carbonyl (C=O) groups excluding carboxylic acids is 1. The number of nitrogens with zero attached hydrogens (tertiary/aromatic N) is 2. The number of benzene rings is 2. The first kappa shape index (κ1) is 16.4. The van der Waals surface area contributed by atoms with Crippen molar-refractivity contribution < 1.29 is 4.79 Å². The van der Waals surface area contributed by atoms with Gasteiger partial charge in [0.25, 0.3) is 0 Å². The first-order valence-electron chi connectivity index (χ1n) is 9.00. The molecule has 132 valence electrons. The highest BCUT2D eigenvalue weighted by atomic mass is 16.2. The van der Waals surface area contributed by atoms with Crippen LogP contribution in [0.1, 0.15) is 35.7 Å². The van der Waals surface area contributed by atoms with Crippen LogP contribution in [0.25, 0.3) is 0 Å². The third-order valence-corrected chi connectivity index (χ3v) is 4.77. The summed E-state index contributed by atoms with van der Waals surface area (Å²) >= 11 is 0. The van der Waals surface area contributed by atoms with Gasteiger partial charge in [0.05, 0.1) is 18.8 Å². The Balaban J connectivity index is 1.47. The summed E-state index contributed by atoms with van der Waals surface area (Å²) in [6, 6.07) is 19.7. The maximum atomic E-state index is 12.3. The summed E-state index contributed by atoms with van der Waals surface area (Å²) in [5.74, 6) is 0. The zero-order valence-corrected chi connectivity index (χ0v) is 14.6. The minimum absolute atomic E-state index is 0.00647. The van der Waals surface area contributed by atoms with Crippen molar-refractivity contribution in [3.63, 3.8) is 0 Å². The molecule has 0 spiro atoms. The van der Waals surface area contributed by atoms with E-state index in [2.05, 4.69) is 32.5 Å². The van der Waals surface area contributed by atoms with Crippen LogP contribution in [0.3, 0.4) is 0 Å². The van der Waals surface area contributed by atoms with Gasteiger partial charge in [-0.25, -0.2) is 4.79 Å². The van der Waals surface area contributed by atoms with Crippen molar-refractivity contribution in [2.75, 3.05) is 5.32 Å². The van der Waals surface area contributed by atoms with Crippen molar-refractivity contribution >= 4 is 11.7 Å². The summed E-state index contributed by atoms with van der Waals surface area (Å²) in [6.45, 7) is 0.763. The van der Waals surface area contributed by atoms with Gasteiger partial charge in [-0.05, 0) is 37.0 Å². The Kier molecular flexibility index (Phi) is 4.69. The number of amides is 2. The zero-order valence-electron chi connectivity index (χ0n) is 14.6. The summed E-state index contributed by atoms with van der Waals surface area (Å²) in [4.78, 5) is 12.3. The minimum Gasteiger partial charge on any atom is -0.331 e. The Morgan fingerprint density at radius 3 is 2.58 bits per heavy atom. The molecular formula is C21H22N4O. The molecule has 3 aromatic rings. The number of rotatable bonds is 4. The summed E-state index contributed by atoms with van der Waals surface area (Å²) in [5.41, 5.74) is 4.39. The molecule has 0 radical (unpaired) electrons. The van der Waals surface area contributed by atoms with Crippen molar-refractivity contribution in [1.82, 2.24) is 15.1 Å². The van der Waals surface area contributed by atoms with Crippen molar-refractivity contribution in [3.8, 4) is 0 Å². The molecule has 2 N–H and O–H groups in total. The fourth-order valence-corrected chi connectivity index (χ4v) is 3.51. The van der Waals surface area contributed by atoms with Crippen LogP contribution in [0.2, 0.25) is 0 Å². The van der Waals surface area contributed by atoms with Crippen LogP contribution in [0, 0.1) is 0 Å². The molecule has 1 heterocycles. The molecule has 2 aromatic carbocycles. The minimum atomic E-state index is -0.176. The molecule has 1 atom stereocenters. The number of hydrogen-bond acceptors (Lipinski definition) is 2. The van der Waals surface area contributed by atoms with Crippen molar-refractivity contribution in [3.05, 3.63) is 83.7 Å². The molecular weight excluding hydrogens is 324 g/mol. The first-order valence-corrected chi connectivity index (χ1v) is 9.00. The quantitative estimate of drug-likeness (QED) is 0.746. The maximum Gasteiger partial charge on any atom is 0.319 e. The van der Waals surface area contributed by atoms with Gasteiger partial charge >= 0.3 is 6.03 Å². The summed E-state index contributed by atoms with van der Waals surface area (Å²) in [5, 5.41) is 10.6. The number of urea groups is 1. The molecule has 0 saturated heterocycles. The average molecular weight is 346 g/mol. The molecule has 0 aliphatic heterocycles. The largest absolute Gasteiger partial charge is 0.331 e. The van der Waals surface area contributed by atoms with E-state index in [9.17, 15) is 4.79 Å². The van der Waals surface area contributed by atoms with E-state index in [1.165, 1.54) is 11.3 Å². The maximum absolute atomic E-state index is 12.3. The zero-order chi connectivity index (χ0) is 17.8. The van der Waals surface area contributed by atoms with Gasteiger partial charge in [-0.3, -0.25) is 4.68 Å². The molecule has 2 amide bonds. The molecule has 0 fully saturated rings. The van der Waals surface area contributed by atoms with E-state index >= 15 is 0 Å². The summed E-state index contributed by atoms with van der Waals surface area (Å²) in [6.07, 6.45) is 4.89. The highest BCUT2D eigenvalue weighted by Gasteiger charge is 2.25. The van der Waals surface area contributed by atoms with E-state index in [4.69, 9.17) is 0 Å². The second-order valence-corrected chi connectivity index (χ2v) is 6.60. The number of fused-ring (bicyclic) bond motifs is 1. The van der Waals surface area contributed by atoms with E-state index in [-0.39, 0.29) is 12.1 Å². The van der Waals surface area contributed by atoms with Gasteiger partial charge < -0.3 is 10.6 Å². The molecule has 0 saturated carbocycles. The number of para-hydroxylation sites is 1. The van der Waals surface area contributed by atoms with Crippen molar-refractivity contribution in [2.45, 2.75) is 31.8 Å². The third-order valence-electron chi connectivity index (χ3n) is 4.77. The predicted octanol–water partition coefficient (Wildman–Crippen LogP) is 4.13.